The third-order valence-corrected chi connectivity index (χ3v) is 6.36. The first-order valence-electron chi connectivity index (χ1n) is 14.5. The summed E-state index contributed by atoms with van der Waals surface area (Å²) in [5.74, 6) is -0.504. The zero-order valence-corrected chi connectivity index (χ0v) is 32.8. The van der Waals surface area contributed by atoms with Gasteiger partial charge in [-0.1, -0.05) is 0 Å². The Bertz CT molecular complexity index is 1290. The molecule has 320 valence electrons. The van der Waals surface area contributed by atoms with Crippen molar-refractivity contribution in [2.75, 3.05) is 86.6 Å². The van der Waals surface area contributed by atoms with Crippen LogP contribution in [0.2, 0.25) is 0 Å². The second-order valence-electron chi connectivity index (χ2n) is 10.5. The molecule has 0 aromatic carbocycles. The molecule has 0 unspecified atom stereocenters. The van der Waals surface area contributed by atoms with Gasteiger partial charge in [0, 0.05) is 6.54 Å². The van der Waals surface area contributed by atoms with E-state index in [1.165, 1.54) is 0 Å². The Morgan fingerprint density at radius 2 is 1.02 bits per heavy atom. The number of rotatable bonds is 15. The summed E-state index contributed by atoms with van der Waals surface area (Å²) in [6.07, 6.45) is -1.80. The Morgan fingerprint density at radius 1 is 0.704 bits per heavy atom. The smallest absolute Gasteiger partial charge is 0.321 e. The van der Waals surface area contributed by atoms with E-state index in [4.69, 9.17) is 67.7 Å². The summed E-state index contributed by atoms with van der Waals surface area (Å²) in [7, 11) is 3.27. The maximum atomic E-state index is 9.99. The first-order valence-corrected chi connectivity index (χ1v) is 17.7. The van der Waals surface area contributed by atoms with Crippen molar-refractivity contribution in [2.24, 2.45) is 28.7 Å². The third kappa shape index (κ3) is 74.1. The van der Waals surface area contributed by atoms with Crippen LogP contribution in [-0.2, 0) is 43.2 Å². The van der Waals surface area contributed by atoms with E-state index in [1.54, 1.807) is 0 Å². The van der Waals surface area contributed by atoms with Gasteiger partial charge in [-0.15, -0.1) is 0 Å². The van der Waals surface area contributed by atoms with Crippen molar-refractivity contribution in [3.63, 3.8) is 0 Å². The number of carboxylic acids is 4. The normalized spacial score (nSPS) is 11.0. The van der Waals surface area contributed by atoms with Crippen LogP contribution < -0.4 is 28.7 Å². The second kappa shape index (κ2) is 41.0. The average Bonchev–Trinajstić information content (AvgIpc) is 3.01. The van der Waals surface area contributed by atoms with Gasteiger partial charge in [-0.05, 0) is 0 Å². The average molecular weight is 854 g/mol. The van der Waals surface area contributed by atoms with Crippen LogP contribution in [0.15, 0.2) is 0 Å². The van der Waals surface area contributed by atoms with Crippen molar-refractivity contribution in [3.8, 4) is 11.5 Å². The molecule has 0 aliphatic carbocycles. The molecule has 0 rings (SSSR count). The van der Waals surface area contributed by atoms with E-state index in [2.05, 4.69) is 23.0 Å². The maximum Gasteiger partial charge on any atom is 0.321 e. The van der Waals surface area contributed by atoms with E-state index in [-0.39, 0.29) is 67.5 Å². The fraction of sp³-hybridized carbons (Fsp3) is 0.720. The van der Waals surface area contributed by atoms with Gasteiger partial charge in [0.2, 0.25) is 5.91 Å². The zero-order chi connectivity index (χ0) is 44.7. The Morgan fingerprint density at radius 3 is 1.11 bits per heavy atom. The molecule has 0 aliphatic rings. The SMILES string of the molecule is C[N+](C)(C#P=O)CCO.C[N+](C)(C#P=O)CCO.NC(=O)C[C@H](N)C(=O)O.NCC(=O)O.NCCS(=O)(=O)O.N[C@@H](CC(=O)O)C(=O)O.OCC(O)CO. The summed E-state index contributed by atoms with van der Waals surface area (Å²) in [4.78, 5) is 48.8. The van der Waals surface area contributed by atoms with E-state index in [0.29, 0.717) is 22.1 Å². The van der Waals surface area contributed by atoms with Gasteiger partial charge in [0.25, 0.3) is 10.1 Å². The molecule has 26 nitrogen and oxygen atoms in total. The van der Waals surface area contributed by atoms with Crippen LogP contribution in [-0.4, -0.2) is 202 Å². The van der Waals surface area contributed by atoms with Crippen LogP contribution in [0.4, 0.5) is 0 Å². The number of hydrogen-bond donors (Lipinski definition) is 15. The predicted molar refractivity (Wildman–Crippen MR) is 191 cm³/mol. The monoisotopic (exact) mass is 853 g/mol. The number of nitrogens with two attached hydrogens (primary N) is 5. The Balaban J connectivity index is -0.0000000963. The number of carbonyl (C=O) groups is 5. The van der Waals surface area contributed by atoms with Crippen molar-refractivity contribution in [1.29, 1.82) is 0 Å². The Kier molecular flexibility index (Phi) is 49.9. The molecule has 0 saturated carbocycles. The summed E-state index contributed by atoms with van der Waals surface area (Å²) in [6, 6.07) is -2.45. The number of amides is 1. The van der Waals surface area contributed by atoms with Crippen LogP contribution >= 0.6 is 15.8 Å². The molecule has 0 bridgehead atoms. The van der Waals surface area contributed by atoms with Crippen molar-refractivity contribution in [2.45, 2.75) is 31.0 Å². The van der Waals surface area contributed by atoms with Crippen molar-refractivity contribution < 1.29 is 101 Å². The molecule has 0 heterocycles. The molecule has 0 aromatic rings. The van der Waals surface area contributed by atoms with Gasteiger partial charge in [-0.3, -0.25) is 28.5 Å². The van der Waals surface area contributed by atoms with Gasteiger partial charge in [-0.25, -0.2) is 0 Å². The largest absolute Gasteiger partial charge is 0.481 e. The Labute approximate surface area is 314 Å². The number of nitrogens with zero attached hydrogens (tertiary/aromatic N) is 2. The van der Waals surface area contributed by atoms with E-state index < -0.39 is 64.5 Å². The van der Waals surface area contributed by atoms with Gasteiger partial charge in [0.15, 0.2) is 0 Å². The number of primary amides is 1. The molecule has 0 aromatic heterocycles. The van der Waals surface area contributed by atoms with Gasteiger partial charge in [0.1, 0.15) is 18.2 Å². The molecule has 0 aliphatic heterocycles. The molecule has 20 N–H and O–H groups in total. The number of carbonyl (C=O) groups excluding carboxylic acids is 1. The number of quaternary nitrogens is 2. The minimum Gasteiger partial charge on any atom is -0.481 e. The topological polar surface area (TPSA) is 486 Å². The first kappa shape index (κ1) is 65.7. The summed E-state index contributed by atoms with van der Waals surface area (Å²) in [5.41, 5.74) is 23.8. The van der Waals surface area contributed by atoms with Gasteiger partial charge in [-0.2, -0.15) is 8.42 Å². The predicted octanol–water partition coefficient (Wildman–Crippen LogP) is -6.13. The Hall–Kier alpha value is -3.16. The molecule has 1 amide bonds. The van der Waals surface area contributed by atoms with E-state index in [0.717, 1.165) is 0 Å². The number of likely N-dealkylation sites (N-methyl/N-ethyl adjacent to an activating group) is 2. The van der Waals surface area contributed by atoms with Crippen molar-refractivity contribution >= 4 is 55.7 Å². The van der Waals surface area contributed by atoms with E-state index >= 15 is 0 Å². The molecule has 0 saturated heterocycles. The molecular weight excluding hydrogens is 796 g/mol. The third-order valence-electron chi connectivity index (χ3n) is 4.36. The minimum atomic E-state index is -3.80. The van der Waals surface area contributed by atoms with Crippen LogP contribution in [0.3, 0.4) is 0 Å². The van der Waals surface area contributed by atoms with E-state index in [9.17, 15) is 41.5 Å². The number of aliphatic hydroxyl groups is 5. The zero-order valence-electron chi connectivity index (χ0n) is 30.2. The van der Waals surface area contributed by atoms with E-state index in [1.807, 2.05) is 28.2 Å². The summed E-state index contributed by atoms with van der Waals surface area (Å²) in [5, 5.41) is 72.7. The molecule has 0 fully saturated rings. The van der Waals surface area contributed by atoms with Gasteiger partial charge in [0.05, 0.1) is 38.4 Å². The number of aliphatic carboxylic acids is 4. The molecule has 0 spiro atoms. The number of carboxylic acid groups (broad SMARTS) is 4. The summed E-state index contributed by atoms with van der Waals surface area (Å²) >= 11 is 0. The number of aliphatic hydroxyl groups excluding tert-OH is 5. The van der Waals surface area contributed by atoms with Gasteiger partial charge >= 0.3 is 134 Å². The standard InChI is InChI=1S/2C5H11NO2P.C4H8N2O3.C4H7NO4.C3H8O3.C2H7NO3S.C2H5NO2/c2*1-6(2,3-4-7)5-9-8;2*5-2(4(8)9)1-3(6)7;4-1-3(6)2-5;3-1-2-7(4,5)6;3-1-2(4)5/h2*7H,3-4H2,1-2H3;2H,1,5H2,(H2,6,7)(H,8,9);2H,1,5H2,(H,6,7)(H,8,9);3-6H,1-2H2;1-3H2,(H,4,5,6);1,3H2,(H,4,5)/q2*+1;;;;;/t;;2*2-;;;/m..00.../s1. The fourth-order valence-corrected chi connectivity index (χ4v) is 2.55. The fourth-order valence-electron chi connectivity index (χ4n) is 1.61. The summed E-state index contributed by atoms with van der Waals surface area (Å²) in [6.45, 7) is 0.251. The van der Waals surface area contributed by atoms with Crippen LogP contribution in [0.5, 0.6) is 0 Å². The maximum absolute atomic E-state index is 9.99. The quantitative estimate of drug-likeness (QED) is 0.0414. The van der Waals surface area contributed by atoms with Crippen molar-refractivity contribution in [3.05, 3.63) is 0 Å². The minimum absolute atomic E-state index is 0.0289. The van der Waals surface area contributed by atoms with Crippen LogP contribution in [0, 0.1) is 11.5 Å². The second-order valence-corrected chi connectivity index (χ2v) is 12.8. The molecule has 0 radical (unpaired) electrons. The van der Waals surface area contributed by atoms with Crippen LogP contribution in [0.25, 0.3) is 0 Å². The molecule has 2 atom stereocenters. The first-order chi connectivity index (χ1) is 24.5. The van der Waals surface area contributed by atoms with Gasteiger partial charge < -0.3 is 64.4 Å². The number of hydrogen-bond acceptors (Lipinski definition) is 18. The summed E-state index contributed by atoms with van der Waals surface area (Å²) < 4.78 is 48.0. The molecular formula is C25H57N7O19P2S+2. The van der Waals surface area contributed by atoms with Crippen molar-refractivity contribution in [1.82, 2.24) is 0 Å². The van der Waals surface area contributed by atoms with Crippen LogP contribution in [0.1, 0.15) is 12.8 Å². The molecule has 29 heteroatoms. The molecule has 54 heavy (non-hydrogen) atoms.